The molecule has 2 heterocycles. The third-order valence-corrected chi connectivity index (χ3v) is 5.62. The number of hydrogen-bond donors (Lipinski definition) is 3. The minimum atomic E-state index is -4.95. The van der Waals surface area contributed by atoms with Gasteiger partial charge >= 0.3 is 6.18 Å². The second-order valence-electron chi connectivity index (χ2n) is 8.49. The van der Waals surface area contributed by atoms with Crippen molar-refractivity contribution in [3.05, 3.63) is 70.3 Å². The van der Waals surface area contributed by atoms with Gasteiger partial charge in [-0.3, -0.25) is 14.4 Å². The molecule has 0 atom stereocenters. The maximum absolute atomic E-state index is 13.6. The standard InChI is InChI=1S/C23H23F4N5O3/c1-11-16(18(33)20(35)31-22(3,4)21-28-8-9-29-21)12(2)32(5)17(11)19(34)30-13-6-7-15(24)14(10-13)23(25,26)27/h6-10H,1-5H3,(H,28,29)(H,30,34)(H,31,35). The molecular formula is C23H23F4N5O3. The highest BCUT2D eigenvalue weighted by molar-refractivity contribution is 6.43. The zero-order chi connectivity index (χ0) is 26.3. The predicted molar refractivity (Wildman–Crippen MR) is 118 cm³/mol. The molecule has 0 fully saturated rings. The number of carbonyl (C=O) groups is 3. The molecule has 0 spiro atoms. The number of amides is 2. The zero-order valence-corrected chi connectivity index (χ0v) is 19.5. The van der Waals surface area contributed by atoms with Crippen molar-refractivity contribution >= 4 is 23.3 Å². The van der Waals surface area contributed by atoms with Crippen LogP contribution in [0, 0.1) is 19.7 Å². The third kappa shape index (κ3) is 4.96. The molecule has 0 bridgehead atoms. The molecule has 186 valence electrons. The topological polar surface area (TPSA) is 109 Å². The Bertz CT molecular complexity index is 1310. The summed E-state index contributed by atoms with van der Waals surface area (Å²) in [5.41, 5.74) is -2.39. The number of benzene rings is 1. The van der Waals surface area contributed by atoms with E-state index in [2.05, 4.69) is 20.6 Å². The maximum Gasteiger partial charge on any atom is 0.419 e. The highest BCUT2D eigenvalue weighted by Gasteiger charge is 2.35. The second-order valence-corrected chi connectivity index (χ2v) is 8.49. The number of aromatic amines is 1. The van der Waals surface area contributed by atoms with E-state index in [1.165, 1.54) is 31.7 Å². The Balaban J connectivity index is 1.89. The van der Waals surface area contributed by atoms with Crippen LogP contribution in [-0.4, -0.2) is 32.1 Å². The minimum absolute atomic E-state index is 0.0134. The van der Waals surface area contributed by atoms with Crippen molar-refractivity contribution in [2.45, 2.75) is 39.4 Å². The molecule has 0 radical (unpaired) electrons. The second kappa shape index (κ2) is 9.01. The average Bonchev–Trinajstić information content (AvgIpc) is 3.36. The molecular weight excluding hydrogens is 470 g/mol. The van der Waals surface area contributed by atoms with E-state index in [0.717, 1.165) is 6.07 Å². The normalized spacial score (nSPS) is 11.9. The van der Waals surface area contributed by atoms with Gasteiger partial charge in [-0.05, 0) is 51.5 Å². The number of Topliss-reactive ketones (excluding diaryl/α,β-unsaturated/α-hetero) is 1. The SMILES string of the molecule is Cc1c(C(=O)C(=O)NC(C)(C)c2ncc[nH]2)c(C)n(C)c1C(=O)Nc1ccc(F)c(C(F)(F)F)c1. The fourth-order valence-electron chi connectivity index (χ4n) is 3.76. The first-order chi connectivity index (χ1) is 16.1. The lowest BCUT2D eigenvalue weighted by Gasteiger charge is -2.23. The van der Waals surface area contributed by atoms with E-state index < -0.39 is 40.7 Å². The number of halogens is 4. The number of imidazole rings is 1. The van der Waals surface area contributed by atoms with Crippen LogP contribution in [-0.2, 0) is 23.6 Å². The van der Waals surface area contributed by atoms with Crippen LogP contribution >= 0.6 is 0 Å². The van der Waals surface area contributed by atoms with Gasteiger partial charge in [0.2, 0.25) is 0 Å². The minimum Gasteiger partial charge on any atom is -0.347 e. The summed E-state index contributed by atoms with van der Waals surface area (Å²) in [6.07, 6.45) is -1.88. The van der Waals surface area contributed by atoms with Gasteiger partial charge in [0, 0.05) is 30.8 Å². The lowest BCUT2D eigenvalue weighted by atomic mass is 10.0. The molecule has 3 aromatic rings. The van der Waals surface area contributed by atoms with E-state index in [1.807, 2.05) is 0 Å². The monoisotopic (exact) mass is 493 g/mol. The summed E-state index contributed by atoms with van der Waals surface area (Å²) in [7, 11) is 1.48. The molecule has 2 amide bonds. The van der Waals surface area contributed by atoms with Crippen LogP contribution < -0.4 is 10.6 Å². The van der Waals surface area contributed by atoms with Crippen LogP contribution in [0.5, 0.6) is 0 Å². The number of rotatable bonds is 6. The van der Waals surface area contributed by atoms with Crippen molar-refractivity contribution in [3.8, 4) is 0 Å². The zero-order valence-electron chi connectivity index (χ0n) is 19.5. The summed E-state index contributed by atoms with van der Waals surface area (Å²) in [6.45, 7) is 6.28. The van der Waals surface area contributed by atoms with E-state index in [-0.39, 0.29) is 22.5 Å². The summed E-state index contributed by atoms with van der Waals surface area (Å²) in [5.74, 6) is -3.70. The smallest absolute Gasteiger partial charge is 0.347 e. The Morgan fingerprint density at radius 1 is 1.11 bits per heavy atom. The van der Waals surface area contributed by atoms with Crippen LogP contribution in [0.2, 0.25) is 0 Å². The first kappa shape index (κ1) is 25.7. The number of alkyl halides is 3. The van der Waals surface area contributed by atoms with E-state index in [4.69, 9.17) is 0 Å². The van der Waals surface area contributed by atoms with Crippen LogP contribution in [0.25, 0.3) is 0 Å². The molecule has 2 aromatic heterocycles. The van der Waals surface area contributed by atoms with Crippen molar-refractivity contribution in [2.75, 3.05) is 5.32 Å². The lowest BCUT2D eigenvalue weighted by molar-refractivity contribution is -0.140. The molecule has 1 aromatic carbocycles. The molecule has 8 nitrogen and oxygen atoms in total. The molecule has 0 unspecified atom stereocenters. The number of H-pyrrole nitrogens is 1. The van der Waals surface area contributed by atoms with Gasteiger partial charge in [-0.2, -0.15) is 13.2 Å². The Labute approximate surface area is 197 Å². The van der Waals surface area contributed by atoms with Gasteiger partial charge in [0.05, 0.1) is 16.7 Å². The first-order valence-electron chi connectivity index (χ1n) is 10.4. The van der Waals surface area contributed by atoms with Gasteiger partial charge in [-0.1, -0.05) is 0 Å². The summed E-state index contributed by atoms with van der Waals surface area (Å²) in [6, 6.07) is 2.07. The van der Waals surface area contributed by atoms with Crippen LogP contribution in [0.3, 0.4) is 0 Å². The number of anilines is 1. The van der Waals surface area contributed by atoms with Crippen molar-refractivity contribution in [3.63, 3.8) is 0 Å². The van der Waals surface area contributed by atoms with Crippen LogP contribution in [0.1, 0.15) is 57.3 Å². The maximum atomic E-state index is 13.6. The molecule has 0 aliphatic carbocycles. The van der Waals surface area contributed by atoms with Gasteiger partial charge < -0.3 is 20.2 Å². The highest BCUT2D eigenvalue weighted by Crippen LogP contribution is 2.33. The van der Waals surface area contributed by atoms with Gasteiger partial charge in [0.25, 0.3) is 17.6 Å². The largest absolute Gasteiger partial charge is 0.419 e. The Morgan fingerprint density at radius 2 is 1.77 bits per heavy atom. The van der Waals surface area contributed by atoms with Gasteiger partial charge in [-0.15, -0.1) is 0 Å². The Hall–Kier alpha value is -3.96. The van der Waals surface area contributed by atoms with Gasteiger partial charge in [0.1, 0.15) is 17.3 Å². The van der Waals surface area contributed by atoms with E-state index >= 15 is 0 Å². The van der Waals surface area contributed by atoms with E-state index in [1.54, 1.807) is 20.0 Å². The summed E-state index contributed by atoms with van der Waals surface area (Å²) in [5, 5.41) is 4.90. The molecule has 0 saturated heterocycles. The summed E-state index contributed by atoms with van der Waals surface area (Å²) >= 11 is 0. The molecule has 3 rings (SSSR count). The molecule has 12 heteroatoms. The third-order valence-electron chi connectivity index (χ3n) is 5.62. The van der Waals surface area contributed by atoms with Gasteiger partial charge in [0.15, 0.2) is 0 Å². The van der Waals surface area contributed by atoms with Crippen LogP contribution in [0.15, 0.2) is 30.6 Å². The molecule has 3 N–H and O–H groups in total. The van der Waals surface area contributed by atoms with Crippen molar-refractivity contribution in [2.24, 2.45) is 7.05 Å². The average molecular weight is 493 g/mol. The molecule has 0 saturated carbocycles. The fraction of sp³-hybridized carbons (Fsp3) is 0.304. The van der Waals surface area contributed by atoms with Crippen molar-refractivity contribution in [1.82, 2.24) is 19.9 Å². The number of aromatic nitrogens is 3. The number of nitrogens with one attached hydrogen (secondary N) is 3. The first-order valence-corrected chi connectivity index (χ1v) is 10.4. The number of carbonyl (C=O) groups excluding carboxylic acids is 3. The number of ketones is 1. The number of hydrogen-bond acceptors (Lipinski definition) is 4. The van der Waals surface area contributed by atoms with Crippen molar-refractivity contribution in [1.29, 1.82) is 0 Å². The molecule has 35 heavy (non-hydrogen) atoms. The van der Waals surface area contributed by atoms with Crippen molar-refractivity contribution < 1.29 is 31.9 Å². The van der Waals surface area contributed by atoms with E-state index in [0.29, 0.717) is 23.7 Å². The molecule has 0 aliphatic rings. The Kier molecular flexibility index (Phi) is 6.60. The van der Waals surface area contributed by atoms with E-state index in [9.17, 15) is 31.9 Å². The van der Waals surface area contributed by atoms with Gasteiger partial charge in [-0.25, -0.2) is 9.37 Å². The summed E-state index contributed by atoms with van der Waals surface area (Å²) in [4.78, 5) is 45.6. The molecule has 0 aliphatic heterocycles. The quantitative estimate of drug-likeness (QED) is 0.274. The highest BCUT2D eigenvalue weighted by atomic mass is 19.4. The fourth-order valence-corrected chi connectivity index (χ4v) is 3.76. The predicted octanol–water partition coefficient (Wildman–Crippen LogP) is 4.01. The number of nitrogens with zero attached hydrogens (tertiary/aromatic N) is 2. The lowest BCUT2D eigenvalue weighted by Crippen LogP contribution is -2.45. The van der Waals surface area contributed by atoms with Crippen LogP contribution in [0.4, 0.5) is 23.2 Å². The Morgan fingerprint density at radius 3 is 2.34 bits per heavy atom. The summed E-state index contributed by atoms with van der Waals surface area (Å²) < 4.78 is 53.9.